The maximum absolute atomic E-state index is 11.6. The summed E-state index contributed by atoms with van der Waals surface area (Å²) in [7, 11) is 0. The van der Waals surface area contributed by atoms with Gasteiger partial charge in [0.15, 0.2) is 0 Å². The SMILES string of the molecule is CCCCCCOP(=O)(Cl)OC(C)(C)C. The molecule has 0 N–H and O–H groups in total. The third-order valence-corrected chi connectivity index (χ3v) is 3.38. The number of rotatable bonds is 7. The molecule has 15 heavy (non-hydrogen) atoms. The summed E-state index contributed by atoms with van der Waals surface area (Å²) in [6.07, 6.45) is 4.27. The largest absolute Gasteiger partial charge is 0.424 e. The van der Waals surface area contributed by atoms with Gasteiger partial charge in [0.25, 0.3) is 0 Å². The summed E-state index contributed by atoms with van der Waals surface area (Å²) in [6, 6.07) is 0. The Bertz CT molecular complexity index is 213. The van der Waals surface area contributed by atoms with E-state index in [0.29, 0.717) is 6.61 Å². The third kappa shape index (κ3) is 10.7. The average molecular weight is 257 g/mol. The third-order valence-electron chi connectivity index (χ3n) is 1.63. The normalized spacial score (nSPS) is 16.3. The maximum atomic E-state index is 11.6. The molecule has 92 valence electrons. The van der Waals surface area contributed by atoms with Gasteiger partial charge in [-0.1, -0.05) is 26.2 Å². The van der Waals surface area contributed by atoms with Crippen LogP contribution in [-0.4, -0.2) is 12.2 Å². The number of halogens is 1. The molecule has 0 aliphatic carbocycles. The summed E-state index contributed by atoms with van der Waals surface area (Å²) in [5.74, 6) is 0. The molecule has 0 amide bonds. The van der Waals surface area contributed by atoms with E-state index < -0.39 is 12.5 Å². The number of unbranched alkanes of at least 4 members (excludes halogenated alkanes) is 3. The molecule has 3 nitrogen and oxygen atoms in total. The zero-order valence-electron chi connectivity index (χ0n) is 10.1. The monoisotopic (exact) mass is 256 g/mol. The molecule has 0 aliphatic heterocycles. The highest BCUT2D eigenvalue weighted by Gasteiger charge is 2.28. The molecular formula is C10H22ClO3P. The second-order valence-corrected chi connectivity index (χ2v) is 7.07. The van der Waals surface area contributed by atoms with Crippen LogP contribution in [0.25, 0.3) is 0 Å². The Labute approximate surface area is 97.8 Å². The van der Waals surface area contributed by atoms with Crippen LogP contribution in [0.4, 0.5) is 0 Å². The fourth-order valence-electron chi connectivity index (χ4n) is 1.06. The minimum atomic E-state index is -3.39. The van der Waals surface area contributed by atoms with Crippen LogP contribution < -0.4 is 0 Å². The van der Waals surface area contributed by atoms with Crippen molar-refractivity contribution in [3.8, 4) is 0 Å². The van der Waals surface area contributed by atoms with Gasteiger partial charge >= 0.3 is 6.95 Å². The summed E-state index contributed by atoms with van der Waals surface area (Å²) in [6.45, 7) is 4.53. The van der Waals surface area contributed by atoms with E-state index in [2.05, 4.69) is 6.92 Å². The Hall–Kier alpha value is 0.440. The topological polar surface area (TPSA) is 35.5 Å². The molecule has 0 aromatic carbocycles. The molecule has 0 radical (unpaired) electrons. The quantitative estimate of drug-likeness (QED) is 0.487. The summed E-state index contributed by atoms with van der Waals surface area (Å²) >= 11 is 5.64. The lowest BCUT2D eigenvalue weighted by atomic mass is 10.2. The fraction of sp³-hybridized carbons (Fsp3) is 1.00. The molecule has 0 saturated heterocycles. The van der Waals surface area contributed by atoms with Gasteiger partial charge in [0.1, 0.15) is 0 Å². The first-order valence-electron chi connectivity index (χ1n) is 5.42. The maximum Gasteiger partial charge on any atom is 0.424 e. The Morgan fingerprint density at radius 1 is 1.20 bits per heavy atom. The summed E-state index contributed by atoms with van der Waals surface area (Å²) < 4.78 is 21.8. The van der Waals surface area contributed by atoms with E-state index in [1.165, 1.54) is 0 Å². The Morgan fingerprint density at radius 3 is 2.27 bits per heavy atom. The van der Waals surface area contributed by atoms with Crippen molar-refractivity contribution in [1.29, 1.82) is 0 Å². The molecular weight excluding hydrogens is 235 g/mol. The van der Waals surface area contributed by atoms with Crippen molar-refractivity contribution in [3.05, 3.63) is 0 Å². The van der Waals surface area contributed by atoms with Gasteiger partial charge in [-0.2, -0.15) is 0 Å². The van der Waals surface area contributed by atoms with Crippen LogP contribution in [0.3, 0.4) is 0 Å². The van der Waals surface area contributed by atoms with Crippen molar-refractivity contribution in [2.24, 2.45) is 0 Å². The van der Waals surface area contributed by atoms with E-state index in [0.717, 1.165) is 25.7 Å². The van der Waals surface area contributed by atoms with Gasteiger partial charge in [0.05, 0.1) is 12.2 Å². The van der Waals surface area contributed by atoms with Gasteiger partial charge in [-0.05, 0) is 27.2 Å². The fourth-order valence-corrected chi connectivity index (χ4v) is 2.94. The van der Waals surface area contributed by atoms with E-state index in [-0.39, 0.29) is 0 Å². The van der Waals surface area contributed by atoms with Crippen molar-refractivity contribution >= 4 is 18.2 Å². The zero-order valence-corrected chi connectivity index (χ0v) is 11.7. The summed E-state index contributed by atoms with van der Waals surface area (Å²) in [5.41, 5.74) is -0.541. The molecule has 1 atom stereocenters. The minimum absolute atomic E-state index is 0.400. The van der Waals surface area contributed by atoms with Crippen LogP contribution in [0.2, 0.25) is 0 Å². The molecule has 0 rings (SSSR count). The zero-order chi connectivity index (χ0) is 11.9. The molecule has 0 saturated carbocycles. The molecule has 0 aliphatic rings. The van der Waals surface area contributed by atoms with Gasteiger partial charge in [-0.15, -0.1) is 0 Å². The lowest BCUT2D eigenvalue weighted by Gasteiger charge is -2.22. The molecule has 5 heteroatoms. The first kappa shape index (κ1) is 15.4. The molecule has 0 fully saturated rings. The van der Waals surface area contributed by atoms with Gasteiger partial charge in [0.2, 0.25) is 0 Å². The Morgan fingerprint density at radius 2 is 1.80 bits per heavy atom. The van der Waals surface area contributed by atoms with Crippen LogP contribution in [0.1, 0.15) is 53.4 Å². The van der Waals surface area contributed by atoms with Gasteiger partial charge in [-0.3, -0.25) is 9.05 Å². The smallest absolute Gasteiger partial charge is 0.297 e. The first-order chi connectivity index (χ1) is 6.77. The lowest BCUT2D eigenvalue weighted by Crippen LogP contribution is -2.16. The van der Waals surface area contributed by atoms with Crippen LogP contribution in [0.15, 0.2) is 0 Å². The average Bonchev–Trinajstić information content (AvgIpc) is 1.99. The standard InChI is InChI=1S/C10H22ClO3P/c1-5-6-7-8-9-13-15(11,12)14-10(2,3)4/h5-9H2,1-4H3. The Kier molecular flexibility index (Phi) is 7.10. The van der Waals surface area contributed by atoms with Crippen molar-refractivity contribution in [2.75, 3.05) is 6.61 Å². The molecule has 1 unspecified atom stereocenters. The van der Waals surface area contributed by atoms with Crippen molar-refractivity contribution in [1.82, 2.24) is 0 Å². The Balaban J connectivity index is 3.70. The summed E-state index contributed by atoms with van der Waals surface area (Å²) in [5, 5.41) is 0. The predicted molar refractivity (Wildman–Crippen MR) is 64.4 cm³/mol. The van der Waals surface area contributed by atoms with Crippen LogP contribution >= 0.6 is 18.2 Å². The number of hydrogen-bond acceptors (Lipinski definition) is 3. The highest BCUT2D eigenvalue weighted by atomic mass is 35.7. The first-order valence-corrected chi connectivity index (χ1v) is 7.86. The molecule has 0 bridgehead atoms. The second kappa shape index (κ2) is 6.90. The van der Waals surface area contributed by atoms with Gasteiger partial charge < -0.3 is 0 Å². The summed E-state index contributed by atoms with van der Waals surface area (Å²) in [4.78, 5) is 0. The van der Waals surface area contributed by atoms with E-state index in [1.807, 2.05) is 0 Å². The number of hydrogen-bond donors (Lipinski definition) is 0. The van der Waals surface area contributed by atoms with Crippen LogP contribution in [0, 0.1) is 0 Å². The molecule has 0 heterocycles. The predicted octanol–water partition coefficient (Wildman–Crippen LogP) is 4.75. The van der Waals surface area contributed by atoms with E-state index >= 15 is 0 Å². The van der Waals surface area contributed by atoms with Crippen LogP contribution in [0.5, 0.6) is 0 Å². The molecule has 0 aromatic rings. The van der Waals surface area contributed by atoms with Crippen LogP contribution in [-0.2, 0) is 13.6 Å². The lowest BCUT2D eigenvalue weighted by molar-refractivity contribution is 0.103. The van der Waals surface area contributed by atoms with Gasteiger partial charge in [-0.25, -0.2) is 4.57 Å². The van der Waals surface area contributed by atoms with Crippen molar-refractivity contribution < 1.29 is 13.6 Å². The van der Waals surface area contributed by atoms with E-state index in [4.69, 9.17) is 20.3 Å². The van der Waals surface area contributed by atoms with E-state index in [1.54, 1.807) is 20.8 Å². The highest BCUT2D eigenvalue weighted by Crippen LogP contribution is 2.56. The van der Waals surface area contributed by atoms with E-state index in [9.17, 15) is 4.57 Å². The van der Waals surface area contributed by atoms with Gasteiger partial charge in [0, 0.05) is 11.2 Å². The van der Waals surface area contributed by atoms with Crippen molar-refractivity contribution in [2.45, 2.75) is 59.0 Å². The highest BCUT2D eigenvalue weighted by molar-refractivity contribution is 7.81. The molecule has 0 aromatic heterocycles. The van der Waals surface area contributed by atoms with Crippen molar-refractivity contribution in [3.63, 3.8) is 0 Å². The second-order valence-electron chi connectivity index (χ2n) is 4.53. The minimum Gasteiger partial charge on any atom is -0.297 e. The molecule has 0 spiro atoms.